The average Bonchev–Trinajstić information content (AvgIpc) is 2.74. The van der Waals surface area contributed by atoms with E-state index in [2.05, 4.69) is 21.3 Å². The molecule has 1 saturated carbocycles. The predicted molar refractivity (Wildman–Crippen MR) is 122 cm³/mol. The monoisotopic (exact) mass is 408 g/mol. The lowest BCUT2D eigenvalue weighted by Gasteiger charge is -2.29. The van der Waals surface area contributed by atoms with Crippen molar-refractivity contribution in [3.63, 3.8) is 0 Å². The van der Waals surface area contributed by atoms with E-state index in [1.54, 1.807) is 0 Å². The quantitative estimate of drug-likeness (QED) is 0.539. The van der Waals surface area contributed by atoms with Crippen molar-refractivity contribution in [3.8, 4) is 0 Å². The van der Waals surface area contributed by atoms with Gasteiger partial charge in [0, 0.05) is 24.5 Å². The van der Waals surface area contributed by atoms with Crippen molar-refractivity contribution in [2.24, 2.45) is 11.8 Å². The fraction of sp³-hybridized carbons (Fsp3) is 0.417. The van der Waals surface area contributed by atoms with Gasteiger partial charge < -0.3 is 21.3 Å². The van der Waals surface area contributed by atoms with E-state index in [0.29, 0.717) is 24.9 Å². The van der Waals surface area contributed by atoms with Gasteiger partial charge in [0.05, 0.1) is 0 Å². The number of benzene rings is 2. The Balaban J connectivity index is 1.36. The van der Waals surface area contributed by atoms with Crippen molar-refractivity contribution in [1.29, 1.82) is 0 Å². The smallest absolute Gasteiger partial charge is 0.319 e. The average molecular weight is 409 g/mol. The summed E-state index contributed by atoms with van der Waals surface area (Å²) < 4.78 is 0. The molecular weight excluding hydrogens is 376 g/mol. The number of hydrogen-bond donors (Lipinski definition) is 4. The fourth-order valence-corrected chi connectivity index (χ4v) is 3.87. The molecule has 0 bridgehead atoms. The van der Waals surface area contributed by atoms with Crippen LogP contribution >= 0.6 is 0 Å². The highest BCUT2D eigenvalue weighted by molar-refractivity contribution is 5.89. The minimum absolute atomic E-state index is 0.170. The number of rotatable bonds is 6. The van der Waals surface area contributed by atoms with Crippen LogP contribution in [-0.2, 0) is 0 Å². The molecule has 6 heteroatoms. The minimum Gasteiger partial charge on any atom is -0.338 e. The maximum atomic E-state index is 12.1. The molecule has 1 fully saturated rings. The van der Waals surface area contributed by atoms with Crippen LogP contribution in [0.15, 0.2) is 48.5 Å². The molecule has 1 aliphatic carbocycles. The Hall–Kier alpha value is -3.02. The van der Waals surface area contributed by atoms with E-state index >= 15 is 0 Å². The molecule has 160 valence electrons. The van der Waals surface area contributed by atoms with Crippen LogP contribution in [0.3, 0.4) is 0 Å². The van der Waals surface area contributed by atoms with Gasteiger partial charge in [0.25, 0.3) is 0 Å². The zero-order valence-electron chi connectivity index (χ0n) is 17.8. The Labute approximate surface area is 178 Å². The molecule has 0 heterocycles. The summed E-state index contributed by atoms with van der Waals surface area (Å²) >= 11 is 0. The Morgan fingerprint density at radius 1 is 0.733 bits per heavy atom. The van der Waals surface area contributed by atoms with Gasteiger partial charge in [-0.3, -0.25) is 0 Å². The number of amides is 4. The molecule has 4 amide bonds. The highest BCUT2D eigenvalue weighted by Gasteiger charge is 2.22. The summed E-state index contributed by atoms with van der Waals surface area (Å²) in [6, 6.07) is 15.2. The summed E-state index contributed by atoms with van der Waals surface area (Å²) in [6.07, 6.45) is 4.35. The minimum atomic E-state index is -0.170. The first-order chi connectivity index (χ1) is 14.5. The molecule has 4 N–H and O–H groups in total. The van der Waals surface area contributed by atoms with Crippen molar-refractivity contribution in [3.05, 3.63) is 59.7 Å². The van der Waals surface area contributed by atoms with E-state index in [1.165, 1.54) is 0 Å². The second-order valence-electron chi connectivity index (χ2n) is 8.30. The van der Waals surface area contributed by atoms with E-state index in [1.807, 2.05) is 62.4 Å². The van der Waals surface area contributed by atoms with Crippen molar-refractivity contribution < 1.29 is 9.59 Å². The van der Waals surface area contributed by atoms with Gasteiger partial charge in [0.15, 0.2) is 0 Å². The molecule has 0 spiro atoms. The number of carbonyl (C=O) groups is 2. The van der Waals surface area contributed by atoms with E-state index in [9.17, 15) is 9.59 Å². The van der Waals surface area contributed by atoms with Gasteiger partial charge in [-0.05, 0) is 69.2 Å². The molecule has 0 aromatic heterocycles. The van der Waals surface area contributed by atoms with Crippen LogP contribution in [-0.4, -0.2) is 25.2 Å². The van der Waals surface area contributed by atoms with Crippen LogP contribution in [0, 0.1) is 25.7 Å². The van der Waals surface area contributed by atoms with Crippen LogP contribution in [0.1, 0.15) is 36.8 Å². The van der Waals surface area contributed by atoms with Crippen molar-refractivity contribution in [1.82, 2.24) is 10.6 Å². The summed E-state index contributed by atoms with van der Waals surface area (Å²) in [7, 11) is 0. The van der Waals surface area contributed by atoms with Gasteiger partial charge >= 0.3 is 12.1 Å². The molecule has 0 radical (unpaired) electrons. The molecule has 2 atom stereocenters. The lowest BCUT2D eigenvalue weighted by molar-refractivity contribution is 0.230. The molecule has 6 nitrogen and oxygen atoms in total. The van der Waals surface area contributed by atoms with Crippen LogP contribution in [0.2, 0.25) is 0 Å². The van der Waals surface area contributed by atoms with Crippen LogP contribution in [0.4, 0.5) is 21.0 Å². The Bertz CT molecular complexity index is 764. The lowest BCUT2D eigenvalue weighted by Crippen LogP contribution is -2.38. The van der Waals surface area contributed by atoms with Gasteiger partial charge in [0.1, 0.15) is 0 Å². The van der Waals surface area contributed by atoms with Gasteiger partial charge in [-0.15, -0.1) is 0 Å². The summed E-state index contributed by atoms with van der Waals surface area (Å²) in [5, 5.41) is 11.7. The molecular formula is C24H32N4O2. The molecule has 0 saturated heterocycles. The third-order valence-corrected chi connectivity index (χ3v) is 5.61. The Morgan fingerprint density at radius 2 is 1.13 bits per heavy atom. The third kappa shape index (κ3) is 7.10. The van der Waals surface area contributed by atoms with E-state index in [4.69, 9.17) is 0 Å². The summed E-state index contributed by atoms with van der Waals surface area (Å²) in [5.74, 6) is 0.879. The van der Waals surface area contributed by atoms with Gasteiger partial charge in [-0.2, -0.15) is 0 Å². The van der Waals surface area contributed by atoms with Crippen LogP contribution < -0.4 is 21.3 Å². The molecule has 0 aliphatic heterocycles. The highest BCUT2D eigenvalue weighted by atomic mass is 16.2. The number of aryl methyl sites for hydroxylation is 2. The van der Waals surface area contributed by atoms with E-state index < -0.39 is 0 Å². The number of anilines is 2. The van der Waals surface area contributed by atoms with Crippen molar-refractivity contribution >= 4 is 23.4 Å². The second kappa shape index (κ2) is 10.7. The molecule has 2 aromatic rings. The summed E-state index contributed by atoms with van der Waals surface area (Å²) in [5.41, 5.74) is 3.91. The maximum absolute atomic E-state index is 12.1. The van der Waals surface area contributed by atoms with E-state index in [-0.39, 0.29) is 12.1 Å². The fourth-order valence-electron chi connectivity index (χ4n) is 3.87. The van der Waals surface area contributed by atoms with Gasteiger partial charge in [0.2, 0.25) is 0 Å². The van der Waals surface area contributed by atoms with Gasteiger partial charge in [-0.25, -0.2) is 9.59 Å². The predicted octanol–water partition coefficient (Wildman–Crippen LogP) is 5.05. The number of nitrogens with one attached hydrogen (secondary N) is 4. The van der Waals surface area contributed by atoms with E-state index in [0.717, 1.165) is 48.2 Å². The molecule has 30 heavy (non-hydrogen) atoms. The Morgan fingerprint density at radius 3 is 1.53 bits per heavy atom. The lowest BCUT2D eigenvalue weighted by atomic mass is 9.81. The summed E-state index contributed by atoms with van der Waals surface area (Å²) in [6.45, 7) is 5.35. The van der Waals surface area contributed by atoms with Crippen molar-refractivity contribution in [2.45, 2.75) is 39.5 Å². The normalized spacial score (nSPS) is 18.3. The number of carbonyl (C=O) groups excluding carboxylic acids is 2. The van der Waals surface area contributed by atoms with Gasteiger partial charge in [-0.1, -0.05) is 41.8 Å². The SMILES string of the molecule is Cc1ccc(NC(=O)NC[C@@H]2CCC[C@@H](CNC(=O)Nc3ccc(C)cc3)C2)cc1. The zero-order chi connectivity index (χ0) is 21.3. The molecule has 2 aromatic carbocycles. The standard InChI is InChI=1S/C24H32N4O2/c1-17-6-10-21(11-7-17)27-23(29)25-15-19-4-3-5-20(14-19)16-26-24(30)28-22-12-8-18(2)9-13-22/h6-13,19-20H,3-5,14-16H2,1-2H3,(H2,25,27,29)(H2,26,28,30)/t19-,20-/m1/s1. The summed E-state index contributed by atoms with van der Waals surface area (Å²) in [4.78, 5) is 24.3. The largest absolute Gasteiger partial charge is 0.338 e. The molecule has 3 rings (SSSR count). The first kappa shape index (κ1) is 21.7. The van der Waals surface area contributed by atoms with Crippen molar-refractivity contribution in [2.75, 3.05) is 23.7 Å². The maximum Gasteiger partial charge on any atom is 0.319 e. The second-order valence-corrected chi connectivity index (χ2v) is 8.30. The van der Waals surface area contributed by atoms with Crippen LogP contribution in [0.5, 0.6) is 0 Å². The zero-order valence-corrected chi connectivity index (χ0v) is 17.8. The first-order valence-corrected chi connectivity index (χ1v) is 10.7. The number of urea groups is 2. The highest BCUT2D eigenvalue weighted by Crippen LogP contribution is 2.28. The van der Waals surface area contributed by atoms with Crippen LogP contribution in [0.25, 0.3) is 0 Å². The first-order valence-electron chi connectivity index (χ1n) is 10.7. The molecule has 0 unspecified atom stereocenters. The third-order valence-electron chi connectivity index (χ3n) is 5.61. The number of hydrogen-bond acceptors (Lipinski definition) is 2. The molecule has 1 aliphatic rings. The Kier molecular flexibility index (Phi) is 7.71. The topological polar surface area (TPSA) is 82.3 Å².